The van der Waals surface area contributed by atoms with E-state index < -0.39 is 21.3 Å². The van der Waals surface area contributed by atoms with Crippen LogP contribution >= 0.6 is 11.3 Å². The SMILES string of the molecule is CCCS(=O)(=O)Nc1cccc(-c2nc(C(C)(CO)CO)sc2-c2ccnc(N)n2)c1F. The van der Waals surface area contributed by atoms with Gasteiger partial charge in [0.2, 0.25) is 16.0 Å². The molecular weight excluding hydrogens is 457 g/mol. The third-order valence-electron chi connectivity index (χ3n) is 4.74. The van der Waals surface area contributed by atoms with Crippen LogP contribution in [0, 0.1) is 5.82 Å². The molecule has 0 bridgehead atoms. The molecule has 0 fully saturated rings. The first-order valence-electron chi connectivity index (χ1n) is 9.75. The summed E-state index contributed by atoms with van der Waals surface area (Å²) in [4.78, 5) is 13.0. The lowest BCUT2D eigenvalue weighted by atomic mass is 9.94. The van der Waals surface area contributed by atoms with Crippen LogP contribution in [0.5, 0.6) is 0 Å². The van der Waals surface area contributed by atoms with Crippen molar-refractivity contribution in [3.8, 4) is 21.8 Å². The van der Waals surface area contributed by atoms with E-state index in [1.165, 1.54) is 24.4 Å². The highest BCUT2D eigenvalue weighted by atomic mass is 32.2. The highest BCUT2D eigenvalue weighted by Gasteiger charge is 2.32. The summed E-state index contributed by atoms with van der Waals surface area (Å²) in [5, 5.41) is 20.0. The van der Waals surface area contributed by atoms with Gasteiger partial charge in [-0.3, -0.25) is 4.72 Å². The number of rotatable bonds is 9. The molecule has 0 saturated heterocycles. The second-order valence-electron chi connectivity index (χ2n) is 7.46. The number of anilines is 2. The van der Waals surface area contributed by atoms with Crippen molar-refractivity contribution in [3.63, 3.8) is 0 Å². The molecular formula is C20H24FN5O4S2. The Hall–Kier alpha value is -2.67. The Bertz CT molecular complexity index is 1210. The zero-order valence-corrected chi connectivity index (χ0v) is 19.2. The molecule has 5 N–H and O–H groups in total. The Morgan fingerprint density at radius 3 is 2.56 bits per heavy atom. The maximum absolute atomic E-state index is 15.5. The molecule has 0 unspecified atom stereocenters. The van der Waals surface area contributed by atoms with Crippen molar-refractivity contribution in [1.29, 1.82) is 0 Å². The highest BCUT2D eigenvalue weighted by molar-refractivity contribution is 7.92. The van der Waals surface area contributed by atoms with Crippen LogP contribution < -0.4 is 10.5 Å². The molecule has 2 aromatic heterocycles. The summed E-state index contributed by atoms with van der Waals surface area (Å²) < 4.78 is 42.1. The fraction of sp³-hybridized carbons (Fsp3) is 0.350. The molecule has 0 radical (unpaired) electrons. The smallest absolute Gasteiger partial charge is 0.232 e. The maximum Gasteiger partial charge on any atom is 0.232 e. The van der Waals surface area contributed by atoms with Gasteiger partial charge in [0.25, 0.3) is 0 Å². The van der Waals surface area contributed by atoms with Gasteiger partial charge in [0, 0.05) is 11.8 Å². The summed E-state index contributed by atoms with van der Waals surface area (Å²) in [6, 6.07) is 5.89. The molecule has 0 amide bonds. The van der Waals surface area contributed by atoms with Crippen molar-refractivity contribution in [1.82, 2.24) is 15.0 Å². The first kappa shape index (κ1) is 24.0. The van der Waals surface area contributed by atoms with E-state index in [0.29, 0.717) is 22.0 Å². The molecule has 9 nitrogen and oxygen atoms in total. The van der Waals surface area contributed by atoms with Crippen LogP contribution in [-0.2, 0) is 15.4 Å². The fourth-order valence-electron chi connectivity index (χ4n) is 2.90. The first-order valence-corrected chi connectivity index (χ1v) is 12.2. The molecule has 0 saturated carbocycles. The van der Waals surface area contributed by atoms with E-state index in [4.69, 9.17) is 5.73 Å². The van der Waals surface area contributed by atoms with E-state index in [9.17, 15) is 18.6 Å². The fourth-order valence-corrected chi connectivity index (χ4v) is 5.21. The number of sulfonamides is 1. The van der Waals surface area contributed by atoms with Gasteiger partial charge >= 0.3 is 0 Å². The van der Waals surface area contributed by atoms with E-state index in [-0.39, 0.29) is 41.9 Å². The molecule has 3 aromatic rings. The second-order valence-corrected chi connectivity index (χ2v) is 10.3. The number of nitrogens with one attached hydrogen (secondary N) is 1. The monoisotopic (exact) mass is 481 g/mol. The number of aliphatic hydroxyl groups is 2. The molecule has 3 rings (SSSR count). The number of hydrogen-bond acceptors (Lipinski definition) is 9. The minimum absolute atomic E-state index is 0.0111. The molecule has 0 aliphatic rings. The maximum atomic E-state index is 15.5. The van der Waals surface area contributed by atoms with Crippen molar-refractivity contribution >= 4 is 33.0 Å². The predicted molar refractivity (Wildman–Crippen MR) is 122 cm³/mol. The minimum Gasteiger partial charge on any atom is -0.395 e. The molecule has 0 spiro atoms. The lowest BCUT2D eigenvalue weighted by Gasteiger charge is -2.21. The number of aliphatic hydroxyl groups excluding tert-OH is 2. The van der Waals surface area contributed by atoms with Gasteiger partial charge in [-0.1, -0.05) is 13.0 Å². The summed E-state index contributed by atoms with van der Waals surface area (Å²) in [7, 11) is -3.71. The van der Waals surface area contributed by atoms with Gasteiger partial charge in [-0.05, 0) is 31.5 Å². The molecule has 2 heterocycles. The Labute approximate surface area is 189 Å². The Kier molecular flexibility index (Phi) is 7.08. The topological polar surface area (TPSA) is 151 Å². The van der Waals surface area contributed by atoms with Crippen LogP contribution in [0.4, 0.5) is 16.0 Å². The second kappa shape index (κ2) is 9.45. The lowest BCUT2D eigenvalue weighted by molar-refractivity contribution is 0.129. The molecule has 0 aliphatic heterocycles. The Balaban J connectivity index is 2.21. The summed E-state index contributed by atoms with van der Waals surface area (Å²) in [6.45, 7) is 2.56. The van der Waals surface area contributed by atoms with E-state index in [1.54, 1.807) is 19.9 Å². The van der Waals surface area contributed by atoms with Crippen molar-refractivity contribution in [2.75, 3.05) is 29.4 Å². The number of nitrogens with zero attached hydrogens (tertiary/aromatic N) is 3. The number of hydrogen-bond donors (Lipinski definition) is 4. The van der Waals surface area contributed by atoms with Crippen molar-refractivity contribution < 1.29 is 23.0 Å². The summed E-state index contributed by atoms with van der Waals surface area (Å²) in [6.07, 6.45) is 1.83. The van der Waals surface area contributed by atoms with Crippen LogP contribution in [-0.4, -0.2) is 52.5 Å². The van der Waals surface area contributed by atoms with E-state index >= 15 is 4.39 Å². The van der Waals surface area contributed by atoms with Crippen molar-refractivity contribution in [3.05, 3.63) is 41.3 Å². The number of thiazole rings is 1. The van der Waals surface area contributed by atoms with Gasteiger partial charge in [-0.15, -0.1) is 11.3 Å². The summed E-state index contributed by atoms with van der Waals surface area (Å²) in [5.41, 5.74) is 5.04. The molecule has 32 heavy (non-hydrogen) atoms. The lowest BCUT2D eigenvalue weighted by Crippen LogP contribution is -2.30. The van der Waals surface area contributed by atoms with Gasteiger partial charge in [0.05, 0.1) is 46.3 Å². The van der Waals surface area contributed by atoms with Crippen molar-refractivity contribution in [2.45, 2.75) is 25.7 Å². The summed E-state index contributed by atoms with van der Waals surface area (Å²) >= 11 is 1.13. The van der Waals surface area contributed by atoms with Crippen LogP contribution in [0.3, 0.4) is 0 Å². The highest BCUT2D eigenvalue weighted by Crippen LogP contribution is 2.41. The zero-order valence-electron chi connectivity index (χ0n) is 17.5. The van der Waals surface area contributed by atoms with Gasteiger partial charge < -0.3 is 15.9 Å². The molecule has 0 aliphatic carbocycles. The van der Waals surface area contributed by atoms with Crippen LogP contribution in [0.2, 0.25) is 0 Å². The van der Waals surface area contributed by atoms with E-state index in [0.717, 1.165) is 11.3 Å². The molecule has 0 atom stereocenters. The van der Waals surface area contributed by atoms with Crippen LogP contribution in [0.1, 0.15) is 25.3 Å². The van der Waals surface area contributed by atoms with Crippen molar-refractivity contribution in [2.24, 2.45) is 0 Å². The van der Waals surface area contributed by atoms with Crippen LogP contribution in [0.25, 0.3) is 21.8 Å². The number of benzene rings is 1. The zero-order chi connectivity index (χ0) is 23.5. The number of nitrogen functional groups attached to an aromatic ring is 1. The van der Waals surface area contributed by atoms with Gasteiger partial charge in [0.1, 0.15) is 5.01 Å². The standard InChI is InChI=1S/C20H24FN5O4S2/c1-3-9-32(29,30)26-13-6-4-5-12(15(13)21)16-17(14-7-8-23-19(22)24-14)31-18(25-16)20(2,10-27)11-28/h4-8,26-28H,3,9-11H2,1-2H3,(H2,22,23,24). The molecule has 1 aromatic carbocycles. The minimum atomic E-state index is -3.71. The van der Waals surface area contributed by atoms with Gasteiger partial charge in [0.15, 0.2) is 5.82 Å². The summed E-state index contributed by atoms with van der Waals surface area (Å²) in [5.74, 6) is -0.937. The molecule has 12 heteroatoms. The largest absolute Gasteiger partial charge is 0.395 e. The third-order valence-corrected chi connectivity index (χ3v) is 7.60. The number of aromatic nitrogens is 3. The quantitative estimate of drug-likeness (QED) is 0.364. The third kappa shape index (κ3) is 4.88. The first-order chi connectivity index (χ1) is 15.1. The van der Waals surface area contributed by atoms with Crippen LogP contribution in [0.15, 0.2) is 30.5 Å². The Morgan fingerprint density at radius 2 is 1.94 bits per heavy atom. The average Bonchev–Trinajstić information content (AvgIpc) is 3.20. The van der Waals surface area contributed by atoms with Gasteiger partial charge in [-0.25, -0.2) is 27.8 Å². The number of nitrogens with two attached hydrogens (primary N) is 1. The number of halogens is 1. The molecule has 172 valence electrons. The predicted octanol–water partition coefficient (Wildman–Crippen LogP) is 2.38. The van der Waals surface area contributed by atoms with E-state index in [2.05, 4.69) is 19.7 Å². The van der Waals surface area contributed by atoms with Gasteiger partial charge in [-0.2, -0.15) is 0 Å². The van der Waals surface area contributed by atoms with E-state index in [1.807, 2.05) is 0 Å². The normalized spacial score (nSPS) is 12.2. The average molecular weight is 482 g/mol. The Morgan fingerprint density at radius 1 is 1.22 bits per heavy atom.